The van der Waals surface area contributed by atoms with Crippen molar-refractivity contribution in [1.82, 2.24) is 4.90 Å². The first-order valence-electron chi connectivity index (χ1n) is 8.10. The quantitative estimate of drug-likeness (QED) is 0.879. The normalized spacial score (nSPS) is 18.7. The largest absolute Gasteiger partial charge is 0.508 e. The second-order valence-electron chi connectivity index (χ2n) is 6.36. The Morgan fingerprint density at radius 2 is 2.17 bits per heavy atom. The van der Waals surface area contributed by atoms with Gasteiger partial charge in [0.1, 0.15) is 11.3 Å². The Bertz CT molecular complexity index is 747. The second-order valence-corrected chi connectivity index (χ2v) is 6.36. The maximum atomic E-state index is 11.8. The molecule has 0 amide bonds. The van der Waals surface area contributed by atoms with Gasteiger partial charge in [0.2, 0.25) is 0 Å². The predicted molar refractivity (Wildman–Crippen MR) is 88.8 cm³/mol. The number of ether oxygens (including phenoxy) is 1. The van der Waals surface area contributed by atoms with Gasteiger partial charge in [0.05, 0.1) is 6.10 Å². The number of benzene rings is 1. The fourth-order valence-electron chi connectivity index (χ4n) is 3.20. The van der Waals surface area contributed by atoms with Crippen LogP contribution in [0, 0.1) is 6.92 Å². The monoisotopic (exact) mass is 317 g/mol. The Kier molecular flexibility index (Phi) is 4.68. The highest BCUT2D eigenvalue weighted by atomic mass is 16.5. The van der Waals surface area contributed by atoms with E-state index in [1.54, 1.807) is 19.1 Å². The lowest BCUT2D eigenvalue weighted by atomic mass is 10.1. The molecule has 2 aromatic rings. The Balaban J connectivity index is 1.84. The summed E-state index contributed by atoms with van der Waals surface area (Å²) < 4.78 is 11.1. The van der Waals surface area contributed by atoms with Crippen molar-refractivity contribution in [2.24, 2.45) is 0 Å². The highest BCUT2D eigenvalue weighted by Crippen LogP contribution is 2.28. The van der Waals surface area contributed by atoms with Gasteiger partial charge in [0.15, 0.2) is 0 Å². The maximum absolute atomic E-state index is 11.8. The second kappa shape index (κ2) is 6.72. The molecule has 5 nitrogen and oxygen atoms in total. The summed E-state index contributed by atoms with van der Waals surface area (Å²) in [6.07, 6.45) is 3.72. The van der Waals surface area contributed by atoms with Gasteiger partial charge in [0, 0.05) is 36.7 Å². The van der Waals surface area contributed by atoms with E-state index >= 15 is 0 Å². The van der Waals surface area contributed by atoms with Gasteiger partial charge in [-0.05, 0) is 50.9 Å². The van der Waals surface area contributed by atoms with E-state index in [9.17, 15) is 9.90 Å². The van der Waals surface area contributed by atoms with Crippen LogP contribution < -0.4 is 5.63 Å². The molecule has 1 unspecified atom stereocenters. The topological polar surface area (TPSA) is 62.9 Å². The number of nitrogens with zero attached hydrogens (tertiary/aromatic N) is 1. The van der Waals surface area contributed by atoms with E-state index in [-0.39, 0.29) is 17.5 Å². The number of hydrogen-bond donors (Lipinski definition) is 1. The van der Waals surface area contributed by atoms with Crippen molar-refractivity contribution >= 4 is 11.0 Å². The molecule has 1 atom stereocenters. The van der Waals surface area contributed by atoms with E-state index in [0.29, 0.717) is 17.7 Å². The molecule has 0 radical (unpaired) electrons. The summed E-state index contributed by atoms with van der Waals surface area (Å²) >= 11 is 0. The molecule has 0 bridgehead atoms. The summed E-state index contributed by atoms with van der Waals surface area (Å²) in [5.74, 6) is 0.141. The van der Waals surface area contributed by atoms with Gasteiger partial charge in [-0.15, -0.1) is 0 Å². The molecule has 5 heteroatoms. The highest BCUT2D eigenvalue weighted by Gasteiger charge is 2.17. The molecule has 1 aromatic heterocycles. The highest BCUT2D eigenvalue weighted by molar-refractivity contribution is 5.84. The molecular formula is C18H23NO4. The molecule has 1 aliphatic rings. The van der Waals surface area contributed by atoms with E-state index < -0.39 is 0 Å². The van der Waals surface area contributed by atoms with Gasteiger partial charge in [-0.1, -0.05) is 0 Å². The molecule has 3 rings (SSSR count). The van der Waals surface area contributed by atoms with Gasteiger partial charge >= 0.3 is 5.63 Å². The summed E-state index contributed by atoms with van der Waals surface area (Å²) in [7, 11) is 2.03. The van der Waals surface area contributed by atoms with Crippen LogP contribution in [0.2, 0.25) is 0 Å². The minimum Gasteiger partial charge on any atom is -0.508 e. The molecule has 0 aliphatic carbocycles. The first-order chi connectivity index (χ1) is 11.0. The van der Waals surface area contributed by atoms with Gasteiger partial charge in [-0.3, -0.25) is 4.90 Å². The van der Waals surface area contributed by atoms with E-state index in [2.05, 4.69) is 4.90 Å². The number of hydrogen-bond acceptors (Lipinski definition) is 5. The molecule has 0 spiro atoms. The van der Waals surface area contributed by atoms with E-state index in [0.717, 1.165) is 36.9 Å². The molecule has 2 heterocycles. The average molecular weight is 317 g/mol. The van der Waals surface area contributed by atoms with Crippen LogP contribution in [0.15, 0.2) is 27.4 Å². The van der Waals surface area contributed by atoms with Crippen LogP contribution >= 0.6 is 0 Å². The number of aryl methyl sites for hydroxylation is 1. The Morgan fingerprint density at radius 3 is 2.91 bits per heavy atom. The lowest BCUT2D eigenvalue weighted by Gasteiger charge is -2.27. The molecule has 124 valence electrons. The summed E-state index contributed by atoms with van der Waals surface area (Å²) in [4.78, 5) is 14.0. The van der Waals surface area contributed by atoms with Gasteiger partial charge < -0.3 is 14.3 Å². The summed E-state index contributed by atoms with van der Waals surface area (Å²) in [5, 5.41) is 10.7. The smallest absolute Gasteiger partial charge is 0.336 e. The van der Waals surface area contributed by atoms with Crippen molar-refractivity contribution in [2.45, 2.75) is 38.8 Å². The molecule has 1 N–H and O–H groups in total. The van der Waals surface area contributed by atoms with E-state index in [1.807, 2.05) is 7.05 Å². The number of likely N-dealkylation sites (N-methyl/N-ethyl adjacent to an activating group) is 1. The van der Waals surface area contributed by atoms with Crippen molar-refractivity contribution in [2.75, 3.05) is 20.2 Å². The fourth-order valence-corrected chi connectivity index (χ4v) is 3.20. The Labute approximate surface area is 135 Å². The van der Waals surface area contributed by atoms with Crippen molar-refractivity contribution < 1.29 is 14.3 Å². The van der Waals surface area contributed by atoms with Crippen LogP contribution in [-0.4, -0.2) is 36.3 Å². The number of aromatic hydroxyl groups is 1. The minimum atomic E-state index is -0.386. The lowest BCUT2D eigenvalue weighted by molar-refractivity contribution is -0.00255. The van der Waals surface area contributed by atoms with E-state index in [1.165, 1.54) is 12.5 Å². The predicted octanol–water partition coefficient (Wildman–Crippen LogP) is 2.81. The lowest BCUT2D eigenvalue weighted by Crippen LogP contribution is -2.33. The SMILES string of the molecule is Cc1c(O)ccc2c(CN(C)CC3CCCCO3)cc(=O)oc12. The zero-order chi connectivity index (χ0) is 16.4. The van der Waals surface area contributed by atoms with Gasteiger partial charge in [-0.2, -0.15) is 0 Å². The molecular weight excluding hydrogens is 294 g/mol. The number of phenols is 1. The standard InChI is InChI=1S/C18H23NO4/c1-12-16(20)7-6-15-13(9-17(21)23-18(12)15)10-19(2)11-14-5-3-4-8-22-14/h6-7,9,14,20H,3-5,8,10-11H2,1-2H3. The van der Waals surface area contributed by atoms with Gasteiger partial charge in [-0.25, -0.2) is 4.79 Å². The fraction of sp³-hybridized carbons (Fsp3) is 0.500. The summed E-state index contributed by atoms with van der Waals surface area (Å²) in [6, 6.07) is 4.99. The van der Waals surface area contributed by atoms with Crippen LogP contribution in [0.5, 0.6) is 5.75 Å². The first-order valence-corrected chi connectivity index (χ1v) is 8.10. The first kappa shape index (κ1) is 16.0. The van der Waals surface area contributed by atoms with Crippen molar-refractivity contribution in [3.63, 3.8) is 0 Å². The molecule has 1 aliphatic heterocycles. The Hall–Kier alpha value is -1.85. The molecule has 1 saturated heterocycles. The summed E-state index contributed by atoms with van der Waals surface area (Å²) in [6.45, 7) is 4.09. The van der Waals surface area contributed by atoms with Gasteiger partial charge in [0.25, 0.3) is 0 Å². The zero-order valence-corrected chi connectivity index (χ0v) is 13.7. The number of fused-ring (bicyclic) bond motifs is 1. The van der Waals surface area contributed by atoms with Crippen LogP contribution in [-0.2, 0) is 11.3 Å². The number of phenolic OH excluding ortho intramolecular Hbond substituents is 1. The zero-order valence-electron chi connectivity index (χ0n) is 13.7. The Morgan fingerprint density at radius 1 is 1.35 bits per heavy atom. The number of rotatable bonds is 4. The average Bonchev–Trinajstić information content (AvgIpc) is 2.52. The third-order valence-electron chi connectivity index (χ3n) is 4.45. The van der Waals surface area contributed by atoms with Crippen LogP contribution in [0.25, 0.3) is 11.0 Å². The molecule has 0 saturated carbocycles. The van der Waals surface area contributed by atoms with E-state index in [4.69, 9.17) is 9.15 Å². The third-order valence-corrected chi connectivity index (χ3v) is 4.45. The third kappa shape index (κ3) is 3.57. The minimum absolute atomic E-state index is 0.141. The maximum Gasteiger partial charge on any atom is 0.336 e. The van der Waals surface area contributed by atoms with Crippen LogP contribution in [0.3, 0.4) is 0 Å². The van der Waals surface area contributed by atoms with Crippen molar-refractivity contribution in [3.8, 4) is 5.75 Å². The van der Waals surface area contributed by atoms with Crippen LogP contribution in [0.1, 0.15) is 30.4 Å². The molecule has 23 heavy (non-hydrogen) atoms. The van der Waals surface area contributed by atoms with Crippen molar-refractivity contribution in [3.05, 3.63) is 39.7 Å². The molecule has 1 fully saturated rings. The van der Waals surface area contributed by atoms with Crippen LogP contribution in [0.4, 0.5) is 0 Å². The van der Waals surface area contributed by atoms with Crippen molar-refractivity contribution in [1.29, 1.82) is 0 Å². The summed E-state index contributed by atoms with van der Waals surface area (Å²) in [5.41, 5.74) is 1.59. The molecule has 1 aromatic carbocycles.